The van der Waals surface area contributed by atoms with E-state index in [1.165, 1.54) is 0 Å². The molecule has 4 heteroatoms. The number of carboxylic acid groups (broad SMARTS) is 1. The van der Waals surface area contributed by atoms with Crippen molar-refractivity contribution in [3.8, 4) is 0 Å². The second-order valence-corrected chi connectivity index (χ2v) is 5.18. The molecule has 0 saturated carbocycles. The van der Waals surface area contributed by atoms with Crippen LogP contribution in [0.4, 0.5) is 0 Å². The fourth-order valence-corrected chi connectivity index (χ4v) is 2.48. The number of rotatable bonds is 4. The van der Waals surface area contributed by atoms with E-state index in [1.807, 2.05) is 13.0 Å². The predicted molar refractivity (Wildman–Crippen MR) is 76.8 cm³/mol. The summed E-state index contributed by atoms with van der Waals surface area (Å²) in [7, 11) is 0. The van der Waals surface area contributed by atoms with Crippen LogP contribution in [-0.2, 0) is 6.42 Å². The number of nitrogens with zero attached hydrogens (tertiary/aromatic N) is 1. The Morgan fingerprint density at radius 1 is 1.42 bits per heavy atom. The van der Waals surface area contributed by atoms with Gasteiger partial charge < -0.3 is 15.4 Å². The standard InChI is InChI=1S/C15H20N2O2/c1-9(2)17-8-11(4-5-16)13-7-12(15(18)19)10(3)6-14(13)17/h6-9H,4-5,16H2,1-3H3,(H,18,19). The summed E-state index contributed by atoms with van der Waals surface area (Å²) in [6.07, 6.45) is 2.85. The van der Waals surface area contributed by atoms with E-state index in [0.29, 0.717) is 18.2 Å². The van der Waals surface area contributed by atoms with Crippen molar-refractivity contribution in [1.29, 1.82) is 0 Å². The van der Waals surface area contributed by atoms with Crippen molar-refractivity contribution in [2.24, 2.45) is 5.73 Å². The Balaban J connectivity index is 2.75. The van der Waals surface area contributed by atoms with Crippen LogP contribution in [-0.4, -0.2) is 22.2 Å². The fraction of sp³-hybridized carbons (Fsp3) is 0.400. The van der Waals surface area contributed by atoms with E-state index >= 15 is 0 Å². The van der Waals surface area contributed by atoms with Crippen LogP contribution < -0.4 is 5.73 Å². The molecular formula is C15H20N2O2. The van der Waals surface area contributed by atoms with Gasteiger partial charge in [-0.3, -0.25) is 0 Å². The van der Waals surface area contributed by atoms with Gasteiger partial charge in [-0.25, -0.2) is 4.79 Å². The average molecular weight is 260 g/mol. The van der Waals surface area contributed by atoms with Crippen LogP contribution in [0.2, 0.25) is 0 Å². The third-order valence-electron chi connectivity index (χ3n) is 3.46. The van der Waals surface area contributed by atoms with Gasteiger partial charge in [0.1, 0.15) is 0 Å². The highest BCUT2D eigenvalue weighted by atomic mass is 16.4. The summed E-state index contributed by atoms with van der Waals surface area (Å²) in [5, 5.41) is 10.2. The summed E-state index contributed by atoms with van der Waals surface area (Å²) in [4.78, 5) is 11.2. The lowest BCUT2D eigenvalue weighted by atomic mass is 10.0. The maximum atomic E-state index is 11.2. The Kier molecular flexibility index (Phi) is 3.62. The molecule has 19 heavy (non-hydrogen) atoms. The first-order valence-corrected chi connectivity index (χ1v) is 6.53. The van der Waals surface area contributed by atoms with Gasteiger partial charge in [-0.2, -0.15) is 0 Å². The van der Waals surface area contributed by atoms with Gasteiger partial charge in [-0.05, 0) is 57.0 Å². The first-order chi connectivity index (χ1) is 8.95. The van der Waals surface area contributed by atoms with Crippen molar-refractivity contribution in [3.63, 3.8) is 0 Å². The molecule has 0 radical (unpaired) electrons. The zero-order valence-electron chi connectivity index (χ0n) is 11.6. The minimum absolute atomic E-state index is 0.337. The number of hydrogen-bond donors (Lipinski definition) is 2. The molecule has 0 unspecified atom stereocenters. The number of carboxylic acids is 1. The molecule has 1 heterocycles. The van der Waals surface area contributed by atoms with Crippen LogP contribution in [0, 0.1) is 6.92 Å². The van der Waals surface area contributed by atoms with Gasteiger partial charge in [0.2, 0.25) is 0 Å². The van der Waals surface area contributed by atoms with Gasteiger partial charge in [-0.15, -0.1) is 0 Å². The SMILES string of the molecule is Cc1cc2c(cc1C(=O)O)c(CCN)cn2C(C)C. The van der Waals surface area contributed by atoms with E-state index in [4.69, 9.17) is 5.73 Å². The maximum absolute atomic E-state index is 11.2. The molecule has 2 aromatic rings. The third kappa shape index (κ3) is 2.36. The number of benzene rings is 1. The van der Waals surface area contributed by atoms with Crippen molar-refractivity contribution in [1.82, 2.24) is 4.57 Å². The largest absolute Gasteiger partial charge is 0.478 e. The zero-order chi connectivity index (χ0) is 14.2. The molecule has 0 aliphatic carbocycles. The van der Waals surface area contributed by atoms with Crippen LogP contribution in [0.25, 0.3) is 10.9 Å². The molecule has 0 fully saturated rings. The molecule has 0 aliphatic rings. The molecule has 0 saturated heterocycles. The number of hydrogen-bond acceptors (Lipinski definition) is 2. The molecule has 2 rings (SSSR count). The van der Waals surface area contributed by atoms with Crippen molar-refractivity contribution >= 4 is 16.9 Å². The number of carbonyl (C=O) groups is 1. The topological polar surface area (TPSA) is 68.2 Å². The second-order valence-electron chi connectivity index (χ2n) is 5.18. The number of aryl methyl sites for hydroxylation is 1. The quantitative estimate of drug-likeness (QED) is 0.888. The Hall–Kier alpha value is -1.81. The van der Waals surface area contributed by atoms with Crippen molar-refractivity contribution in [3.05, 3.63) is 35.0 Å². The average Bonchev–Trinajstić information content (AvgIpc) is 2.66. The highest BCUT2D eigenvalue weighted by molar-refractivity contribution is 5.96. The minimum Gasteiger partial charge on any atom is -0.478 e. The molecule has 0 amide bonds. The van der Waals surface area contributed by atoms with Crippen LogP contribution in [0.15, 0.2) is 18.3 Å². The van der Waals surface area contributed by atoms with E-state index in [0.717, 1.165) is 28.5 Å². The summed E-state index contributed by atoms with van der Waals surface area (Å²) in [5.74, 6) is -0.879. The number of nitrogens with two attached hydrogens (primary N) is 1. The van der Waals surface area contributed by atoms with E-state index in [2.05, 4.69) is 24.6 Å². The Bertz CT molecular complexity index is 627. The molecule has 102 valence electrons. The molecular weight excluding hydrogens is 240 g/mol. The van der Waals surface area contributed by atoms with Crippen LogP contribution in [0.3, 0.4) is 0 Å². The number of aromatic carboxylic acids is 1. The van der Waals surface area contributed by atoms with Gasteiger partial charge in [0.05, 0.1) is 5.56 Å². The van der Waals surface area contributed by atoms with Gasteiger partial charge in [0, 0.05) is 23.1 Å². The van der Waals surface area contributed by atoms with Crippen molar-refractivity contribution in [2.45, 2.75) is 33.2 Å². The first kappa shape index (κ1) is 13.6. The summed E-state index contributed by atoms with van der Waals surface area (Å²) in [6, 6.07) is 4.07. The van der Waals surface area contributed by atoms with Gasteiger partial charge in [0.25, 0.3) is 0 Å². The highest BCUT2D eigenvalue weighted by Gasteiger charge is 2.15. The molecule has 1 aromatic carbocycles. The summed E-state index contributed by atoms with van der Waals surface area (Å²) in [5.41, 5.74) is 9.00. The lowest BCUT2D eigenvalue weighted by molar-refractivity contribution is 0.0696. The molecule has 3 N–H and O–H groups in total. The summed E-state index contributed by atoms with van der Waals surface area (Å²) < 4.78 is 2.18. The predicted octanol–water partition coefficient (Wildman–Crippen LogP) is 2.73. The van der Waals surface area contributed by atoms with E-state index in [9.17, 15) is 9.90 Å². The van der Waals surface area contributed by atoms with E-state index in [1.54, 1.807) is 6.07 Å². The number of fused-ring (bicyclic) bond motifs is 1. The molecule has 1 aromatic heterocycles. The maximum Gasteiger partial charge on any atom is 0.335 e. The summed E-state index contributed by atoms with van der Waals surface area (Å²) >= 11 is 0. The zero-order valence-corrected chi connectivity index (χ0v) is 11.6. The van der Waals surface area contributed by atoms with E-state index in [-0.39, 0.29) is 0 Å². The monoisotopic (exact) mass is 260 g/mol. The third-order valence-corrected chi connectivity index (χ3v) is 3.46. The van der Waals surface area contributed by atoms with Crippen LogP contribution >= 0.6 is 0 Å². The lowest BCUT2D eigenvalue weighted by Crippen LogP contribution is -2.03. The summed E-state index contributed by atoms with van der Waals surface area (Å²) in [6.45, 7) is 6.63. The Morgan fingerprint density at radius 3 is 2.63 bits per heavy atom. The molecule has 0 atom stereocenters. The van der Waals surface area contributed by atoms with Gasteiger partial charge in [-0.1, -0.05) is 0 Å². The van der Waals surface area contributed by atoms with Crippen molar-refractivity contribution < 1.29 is 9.90 Å². The minimum atomic E-state index is -0.879. The molecule has 0 aliphatic heterocycles. The highest BCUT2D eigenvalue weighted by Crippen LogP contribution is 2.28. The number of aromatic nitrogens is 1. The van der Waals surface area contributed by atoms with E-state index < -0.39 is 5.97 Å². The van der Waals surface area contributed by atoms with Crippen LogP contribution in [0.5, 0.6) is 0 Å². The van der Waals surface area contributed by atoms with Crippen molar-refractivity contribution in [2.75, 3.05) is 6.54 Å². The van der Waals surface area contributed by atoms with Gasteiger partial charge in [0.15, 0.2) is 0 Å². The normalized spacial score (nSPS) is 11.4. The molecule has 4 nitrogen and oxygen atoms in total. The molecule has 0 bridgehead atoms. The fourth-order valence-electron chi connectivity index (χ4n) is 2.48. The first-order valence-electron chi connectivity index (χ1n) is 6.53. The molecule has 0 spiro atoms. The lowest BCUT2D eigenvalue weighted by Gasteiger charge is -2.10. The van der Waals surface area contributed by atoms with Crippen LogP contribution in [0.1, 0.15) is 41.4 Å². The van der Waals surface area contributed by atoms with Gasteiger partial charge >= 0.3 is 5.97 Å². The smallest absolute Gasteiger partial charge is 0.335 e. The second kappa shape index (κ2) is 5.05. The Labute approximate surface area is 112 Å². The Morgan fingerprint density at radius 2 is 2.11 bits per heavy atom.